The van der Waals surface area contributed by atoms with E-state index in [1.165, 1.54) is 11.8 Å². The zero-order valence-electron chi connectivity index (χ0n) is 15.6. The summed E-state index contributed by atoms with van der Waals surface area (Å²) in [5.74, 6) is 0. The minimum absolute atomic E-state index is 0.298. The van der Waals surface area contributed by atoms with E-state index in [0.717, 1.165) is 20.9 Å². The molecule has 27 heavy (non-hydrogen) atoms. The molecule has 1 N–H and O–H groups in total. The van der Waals surface area contributed by atoms with Crippen LogP contribution in [0.2, 0.25) is 0 Å². The van der Waals surface area contributed by atoms with E-state index >= 15 is 0 Å². The van der Waals surface area contributed by atoms with Gasteiger partial charge in [0.15, 0.2) is 0 Å². The molecule has 0 amide bonds. The van der Waals surface area contributed by atoms with Gasteiger partial charge < -0.3 is 0 Å². The zero-order valence-corrected chi connectivity index (χ0v) is 17.2. The van der Waals surface area contributed by atoms with Gasteiger partial charge in [0.2, 0.25) is 0 Å². The summed E-state index contributed by atoms with van der Waals surface area (Å²) in [6, 6.07) is 10.3. The Balaban J connectivity index is 2.03. The Bertz CT molecular complexity index is 1060. The van der Waals surface area contributed by atoms with Crippen molar-refractivity contribution in [3.05, 3.63) is 84.2 Å². The molecule has 3 aromatic rings. The minimum atomic E-state index is -0.375. The van der Waals surface area contributed by atoms with Crippen LogP contribution < -0.4 is 11.2 Å². The van der Waals surface area contributed by atoms with Crippen LogP contribution in [0.1, 0.15) is 28.5 Å². The fourth-order valence-electron chi connectivity index (χ4n) is 2.95. The number of thiophene rings is 1. The molecule has 0 saturated carbocycles. The van der Waals surface area contributed by atoms with Gasteiger partial charge >= 0.3 is 5.69 Å². The van der Waals surface area contributed by atoms with Crippen molar-refractivity contribution in [3.63, 3.8) is 0 Å². The molecular formula is C21H22N2O2S2. The number of H-pyrrole nitrogens is 1. The second-order valence-corrected chi connectivity index (χ2v) is 8.39. The number of nitrogens with zero attached hydrogens (tertiary/aromatic N) is 1. The van der Waals surface area contributed by atoms with Crippen LogP contribution in [0.5, 0.6) is 0 Å². The lowest BCUT2D eigenvalue weighted by molar-refractivity contribution is 0.646. The second-order valence-electron chi connectivity index (χ2n) is 6.35. The molecule has 2 aromatic heterocycles. The largest absolute Gasteiger partial charge is 0.329 e. The summed E-state index contributed by atoms with van der Waals surface area (Å²) < 4.78 is 1.65. The molecular weight excluding hydrogens is 376 g/mol. The maximum Gasteiger partial charge on any atom is 0.329 e. The van der Waals surface area contributed by atoms with Crippen LogP contribution in [-0.2, 0) is 13.0 Å². The highest BCUT2D eigenvalue weighted by molar-refractivity contribution is 7.99. The van der Waals surface area contributed by atoms with Gasteiger partial charge in [-0.2, -0.15) is 0 Å². The molecule has 0 aliphatic rings. The number of benzene rings is 1. The summed E-state index contributed by atoms with van der Waals surface area (Å²) in [7, 11) is 0. The van der Waals surface area contributed by atoms with Gasteiger partial charge in [-0.15, -0.1) is 11.3 Å². The number of aromatic amines is 1. The van der Waals surface area contributed by atoms with Crippen LogP contribution in [-0.4, -0.2) is 9.55 Å². The molecule has 0 fully saturated rings. The first kappa shape index (κ1) is 19.5. The van der Waals surface area contributed by atoms with Crippen LogP contribution in [0.25, 0.3) is 6.08 Å². The van der Waals surface area contributed by atoms with E-state index < -0.39 is 0 Å². The number of nitrogens with one attached hydrogen (secondary N) is 1. The standard InChI is InChI=1S/C21H22N2O2S2/c1-4-18-19(24)22-21(25)23(9-5-7-16-8-6-10-26-16)20(18)27-17-12-14(2)11-15(3)13-17/h5-8,10-13H,4,9H2,1-3H3,(H,22,24,25)/b7-5+. The average Bonchev–Trinajstić information content (AvgIpc) is 3.10. The summed E-state index contributed by atoms with van der Waals surface area (Å²) in [6.07, 6.45) is 4.52. The fraction of sp³-hybridized carbons (Fsp3) is 0.238. The SMILES string of the molecule is CCc1c(Sc2cc(C)cc(C)c2)n(C/C=C/c2cccs2)c(=O)[nH]c1=O. The smallest absolute Gasteiger partial charge is 0.284 e. The molecule has 0 radical (unpaired) electrons. The van der Waals surface area contributed by atoms with E-state index in [1.807, 2.05) is 50.4 Å². The van der Waals surface area contributed by atoms with E-state index in [4.69, 9.17) is 0 Å². The van der Waals surface area contributed by atoms with Gasteiger partial charge in [0.25, 0.3) is 5.56 Å². The third-order valence-electron chi connectivity index (χ3n) is 4.12. The Morgan fingerprint density at radius 3 is 2.56 bits per heavy atom. The minimum Gasteiger partial charge on any atom is -0.284 e. The van der Waals surface area contributed by atoms with Crippen molar-refractivity contribution in [2.75, 3.05) is 0 Å². The summed E-state index contributed by atoms with van der Waals surface area (Å²) in [6.45, 7) is 6.44. The van der Waals surface area contributed by atoms with E-state index in [0.29, 0.717) is 23.6 Å². The predicted molar refractivity (Wildman–Crippen MR) is 114 cm³/mol. The summed E-state index contributed by atoms with van der Waals surface area (Å²) in [5.41, 5.74) is 2.29. The van der Waals surface area contributed by atoms with Gasteiger partial charge in [-0.3, -0.25) is 14.3 Å². The third-order valence-corrected chi connectivity index (χ3v) is 6.09. The van der Waals surface area contributed by atoms with Crippen molar-refractivity contribution in [3.8, 4) is 0 Å². The number of rotatable bonds is 6. The van der Waals surface area contributed by atoms with E-state index in [2.05, 4.69) is 23.2 Å². The van der Waals surface area contributed by atoms with Crippen LogP contribution >= 0.6 is 23.1 Å². The molecule has 0 aliphatic heterocycles. The van der Waals surface area contributed by atoms with Crippen molar-refractivity contribution in [2.24, 2.45) is 0 Å². The summed E-state index contributed by atoms with van der Waals surface area (Å²) in [4.78, 5) is 29.5. The maximum atomic E-state index is 12.5. The van der Waals surface area contributed by atoms with Crippen LogP contribution in [0.15, 0.2) is 61.3 Å². The lowest BCUT2D eigenvalue weighted by atomic mass is 10.2. The first-order chi connectivity index (χ1) is 13.0. The molecule has 0 saturated heterocycles. The average molecular weight is 399 g/mol. The van der Waals surface area contributed by atoms with E-state index in [1.54, 1.807) is 15.9 Å². The van der Waals surface area contributed by atoms with Crippen molar-refractivity contribution >= 4 is 29.2 Å². The quantitative estimate of drug-likeness (QED) is 0.615. The molecule has 3 rings (SSSR count). The third kappa shape index (κ3) is 4.70. The molecule has 1 aromatic carbocycles. The Hall–Kier alpha value is -2.31. The lowest BCUT2D eigenvalue weighted by Gasteiger charge is -2.14. The van der Waals surface area contributed by atoms with Gasteiger partial charge in [0.05, 0.1) is 5.03 Å². The van der Waals surface area contributed by atoms with Gasteiger partial charge in [-0.05, 0) is 61.1 Å². The van der Waals surface area contributed by atoms with E-state index in [9.17, 15) is 9.59 Å². The topological polar surface area (TPSA) is 54.9 Å². The monoisotopic (exact) mass is 398 g/mol. The van der Waals surface area contributed by atoms with Gasteiger partial charge in [-0.25, -0.2) is 4.79 Å². The zero-order chi connectivity index (χ0) is 19.4. The number of hydrogen-bond acceptors (Lipinski definition) is 4. The van der Waals surface area contributed by atoms with E-state index in [-0.39, 0.29) is 11.2 Å². The Morgan fingerprint density at radius 1 is 1.19 bits per heavy atom. The van der Waals surface area contributed by atoms with Gasteiger partial charge in [-0.1, -0.05) is 36.9 Å². The molecule has 0 spiro atoms. The molecule has 0 unspecified atom stereocenters. The number of aryl methyl sites for hydroxylation is 2. The second kappa shape index (κ2) is 8.59. The fourth-order valence-corrected chi connectivity index (χ4v) is 4.94. The highest BCUT2D eigenvalue weighted by atomic mass is 32.2. The van der Waals surface area contributed by atoms with Crippen molar-refractivity contribution in [1.82, 2.24) is 9.55 Å². The summed E-state index contributed by atoms with van der Waals surface area (Å²) >= 11 is 3.13. The molecule has 0 bridgehead atoms. The van der Waals surface area contributed by atoms with Crippen LogP contribution in [0.4, 0.5) is 0 Å². The number of allylic oxidation sites excluding steroid dienone is 1. The Kier molecular flexibility index (Phi) is 6.19. The normalized spacial score (nSPS) is 11.4. The molecule has 0 atom stereocenters. The van der Waals surface area contributed by atoms with Crippen molar-refractivity contribution < 1.29 is 0 Å². The predicted octanol–water partition coefficient (Wildman–Crippen LogP) is 4.64. The van der Waals surface area contributed by atoms with Gasteiger partial charge in [0.1, 0.15) is 0 Å². The molecule has 4 nitrogen and oxygen atoms in total. The first-order valence-corrected chi connectivity index (χ1v) is 10.5. The number of aromatic nitrogens is 2. The van der Waals surface area contributed by atoms with Gasteiger partial charge in [0, 0.05) is 21.9 Å². The number of hydrogen-bond donors (Lipinski definition) is 1. The summed E-state index contributed by atoms with van der Waals surface area (Å²) in [5, 5.41) is 2.73. The van der Waals surface area contributed by atoms with Crippen molar-refractivity contribution in [1.29, 1.82) is 0 Å². The van der Waals surface area contributed by atoms with Crippen LogP contribution in [0.3, 0.4) is 0 Å². The molecule has 2 heterocycles. The lowest BCUT2D eigenvalue weighted by Crippen LogP contribution is -2.33. The Morgan fingerprint density at radius 2 is 1.93 bits per heavy atom. The van der Waals surface area contributed by atoms with Crippen molar-refractivity contribution in [2.45, 2.75) is 43.7 Å². The molecule has 6 heteroatoms. The first-order valence-electron chi connectivity index (χ1n) is 8.80. The maximum absolute atomic E-state index is 12.5. The highest BCUT2D eigenvalue weighted by Crippen LogP contribution is 2.30. The highest BCUT2D eigenvalue weighted by Gasteiger charge is 2.15. The molecule has 0 aliphatic carbocycles. The Labute approximate surface area is 166 Å². The molecule has 140 valence electrons. The van der Waals surface area contributed by atoms with Crippen LogP contribution in [0, 0.1) is 13.8 Å².